The van der Waals surface area contributed by atoms with Gasteiger partial charge in [-0.05, 0) is 81.7 Å². The van der Waals surface area contributed by atoms with Gasteiger partial charge in [-0.3, -0.25) is 9.59 Å². The summed E-state index contributed by atoms with van der Waals surface area (Å²) in [7, 11) is 1.53. The van der Waals surface area contributed by atoms with Crippen molar-refractivity contribution in [2.24, 2.45) is 28.6 Å². The number of esters is 1. The molecule has 0 saturated heterocycles. The monoisotopic (exact) mass is 462 g/mol. The van der Waals surface area contributed by atoms with Crippen LogP contribution in [0.25, 0.3) is 0 Å². The summed E-state index contributed by atoms with van der Waals surface area (Å²) in [5.74, 6) is -0.589. The van der Waals surface area contributed by atoms with Gasteiger partial charge in [0.1, 0.15) is 5.67 Å². The third-order valence-electron chi connectivity index (χ3n) is 9.42. The van der Waals surface area contributed by atoms with Crippen molar-refractivity contribution in [3.05, 3.63) is 23.8 Å². The lowest BCUT2D eigenvalue weighted by Gasteiger charge is -2.61. The third-order valence-corrected chi connectivity index (χ3v) is 9.89. The van der Waals surface area contributed by atoms with Crippen LogP contribution in [0, 0.1) is 28.6 Å². The second-order valence-electron chi connectivity index (χ2n) is 10.7. The predicted molar refractivity (Wildman–Crippen MR) is 125 cm³/mol. The third kappa shape index (κ3) is 2.87. The Morgan fingerprint density at radius 2 is 2.00 bits per heavy atom. The number of thiocarbonyl (C=S) groups is 1. The van der Waals surface area contributed by atoms with Gasteiger partial charge < -0.3 is 9.47 Å². The van der Waals surface area contributed by atoms with E-state index in [4.69, 9.17) is 21.7 Å². The summed E-state index contributed by atoms with van der Waals surface area (Å²) < 4.78 is 29.0. The van der Waals surface area contributed by atoms with Crippen LogP contribution in [0.5, 0.6) is 0 Å². The molecule has 176 valence electrons. The number of fused-ring (bicyclic) bond motifs is 5. The molecule has 0 aromatic heterocycles. The van der Waals surface area contributed by atoms with Crippen LogP contribution >= 0.6 is 12.2 Å². The van der Waals surface area contributed by atoms with E-state index in [9.17, 15) is 9.59 Å². The zero-order chi connectivity index (χ0) is 23.5. The van der Waals surface area contributed by atoms with Gasteiger partial charge in [-0.25, -0.2) is 4.39 Å². The molecule has 0 aliphatic heterocycles. The van der Waals surface area contributed by atoms with E-state index in [0.717, 1.165) is 12.0 Å². The molecule has 4 aliphatic carbocycles. The molecular weight excluding hydrogens is 427 g/mol. The van der Waals surface area contributed by atoms with E-state index < -0.39 is 22.1 Å². The Hall–Kier alpha value is -1.56. The summed E-state index contributed by atoms with van der Waals surface area (Å²) in [4.78, 5) is 24.7. The van der Waals surface area contributed by atoms with Crippen LogP contribution in [0.1, 0.15) is 72.6 Å². The van der Waals surface area contributed by atoms with Crippen molar-refractivity contribution < 1.29 is 23.5 Å². The molecule has 4 nitrogen and oxygen atoms in total. The lowest BCUT2D eigenvalue weighted by Crippen LogP contribution is -2.64. The van der Waals surface area contributed by atoms with Crippen molar-refractivity contribution in [2.75, 3.05) is 7.11 Å². The Labute approximate surface area is 196 Å². The van der Waals surface area contributed by atoms with Gasteiger partial charge >= 0.3 is 5.97 Å². The molecule has 6 heteroatoms. The van der Waals surface area contributed by atoms with Gasteiger partial charge in [0.25, 0.3) is 0 Å². The number of carbonyl (C=O) groups is 2. The molecule has 0 spiro atoms. The lowest BCUT2D eigenvalue weighted by atomic mass is 9.45. The molecule has 0 aromatic carbocycles. The van der Waals surface area contributed by atoms with Gasteiger partial charge in [0.05, 0.1) is 7.11 Å². The molecule has 0 unspecified atom stereocenters. The summed E-state index contributed by atoms with van der Waals surface area (Å²) in [5.41, 5.74) is -2.86. The van der Waals surface area contributed by atoms with E-state index in [0.29, 0.717) is 43.6 Å². The summed E-state index contributed by atoms with van der Waals surface area (Å²) in [6, 6.07) is 0. The first-order valence-corrected chi connectivity index (χ1v) is 12.3. The van der Waals surface area contributed by atoms with E-state index in [2.05, 4.69) is 13.8 Å². The van der Waals surface area contributed by atoms with Crippen molar-refractivity contribution in [2.45, 2.75) is 83.9 Å². The number of ketones is 1. The first-order chi connectivity index (χ1) is 15.0. The smallest absolute Gasteiger partial charge is 0.306 e. The maximum atomic E-state index is 17.1. The van der Waals surface area contributed by atoms with Crippen LogP contribution < -0.4 is 0 Å². The number of carbonyl (C=O) groups excluding carboxylic acids is 2. The second-order valence-corrected chi connectivity index (χ2v) is 11.1. The van der Waals surface area contributed by atoms with Crippen molar-refractivity contribution in [1.29, 1.82) is 0 Å². The normalized spacial score (nSPS) is 44.8. The maximum absolute atomic E-state index is 17.1. The molecule has 0 radical (unpaired) electrons. The number of hydrogen-bond donors (Lipinski definition) is 0. The Morgan fingerprint density at radius 3 is 2.66 bits per heavy atom. The zero-order valence-electron chi connectivity index (χ0n) is 19.8. The minimum atomic E-state index is -1.45. The highest BCUT2D eigenvalue weighted by atomic mass is 32.1. The van der Waals surface area contributed by atoms with Gasteiger partial charge in [0.15, 0.2) is 11.4 Å². The number of halogens is 1. The van der Waals surface area contributed by atoms with E-state index in [1.54, 1.807) is 12.2 Å². The highest BCUT2D eigenvalue weighted by Crippen LogP contribution is 2.71. The van der Waals surface area contributed by atoms with E-state index in [1.807, 2.05) is 13.8 Å². The topological polar surface area (TPSA) is 52.6 Å². The number of hydrogen-bond acceptors (Lipinski definition) is 5. The van der Waals surface area contributed by atoms with Gasteiger partial charge in [-0.1, -0.05) is 32.4 Å². The largest absolute Gasteiger partial charge is 0.487 e. The quantitative estimate of drug-likeness (QED) is 0.397. The van der Waals surface area contributed by atoms with Crippen molar-refractivity contribution in [3.8, 4) is 0 Å². The summed E-state index contributed by atoms with van der Waals surface area (Å²) in [6.07, 6.45) is 8.98. The predicted octanol–water partition coefficient (Wildman–Crippen LogP) is 5.69. The SMILES string of the molecule is CCCC(=O)O[C@]1(C(=S)OC)[C@@H](C)C[C@H]2[C@@H]3CCC4=CC(=O)C=C[C@]4(C)[C@@]3(F)CC[C@@]21C. The van der Waals surface area contributed by atoms with Crippen molar-refractivity contribution in [3.63, 3.8) is 0 Å². The van der Waals surface area contributed by atoms with Crippen molar-refractivity contribution >= 4 is 29.0 Å². The summed E-state index contributed by atoms with van der Waals surface area (Å²) >= 11 is 5.70. The van der Waals surface area contributed by atoms with Crippen molar-refractivity contribution in [1.82, 2.24) is 0 Å². The number of allylic oxidation sites excluding steroid dienone is 4. The molecule has 0 amide bonds. The first-order valence-electron chi connectivity index (χ1n) is 11.9. The summed E-state index contributed by atoms with van der Waals surface area (Å²) in [5, 5.41) is 0.302. The van der Waals surface area contributed by atoms with Gasteiger partial charge in [0, 0.05) is 23.2 Å². The van der Waals surface area contributed by atoms with Gasteiger partial charge in [-0.15, -0.1) is 0 Å². The average molecular weight is 463 g/mol. The Balaban J connectivity index is 1.78. The first kappa shape index (κ1) is 23.6. The van der Waals surface area contributed by atoms with Crippen LogP contribution in [0.3, 0.4) is 0 Å². The Morgan fingerprint density at radius 1 is 1.28 bits per heavy atom. The van der Waals surface area contributed by atoms with Crippen LogP contribution in [0.4, 0.5) is 4.39 Å². The number of methoxy groups -OCH3 is 1. The highest BCUT2D eigenvalue weighted by molar-refractivity contribution is 7.80. The summed E-state index contributed by atoms with van der Waals surface area (Å²) in [6.45, 7) is 8.07. The maximum Gasteiger partial charge on any atom is 0.306 e. The zero-order valence-corrected chi connectivity index (χ0v) is 20.6. The van der Waals surface area contributed by atoms with E-state index in [-0.39, 0.29) is 29.5 Å². The molecule has 4 aliphatic rings. The van der Waals surface area contributed by atoms with E-state index >= 15 is 4.39 Å². The van der Waals surface area contributed by atoms with E-state index in [1.165, 1.54) is 13.2 Å². The number of ether oxygens (including phenoxy) is 2. The minimum absolute atomic E-state index is 0.00294. The molecule has 0 aromatic rings. The molecule has 0 bridgehead atoms. The molecule has 0 heterocycles. The molecule has 7 atom stereocenters. The second kappa shape index (κ2) is 7.75. The fourth-order valence-electron chi connectivity index (χ4n) is 7.70. The lowest BCUT2D eigenvalue weighted by molar-refractivity contribution is -0.184. The number of rotatable bonds is 4. The van der Waals surface area contributed by atoms with Crippen LogP contribution in [-0.2, 0) is 19.1 Å². The van der Waals surface area contributed by atoms with Crippen LogP contribution in [0.2, 0.25) is 0 Å². The molecule has 4 rings (SSSR count). The fourth-order valence-corrected chi connectivity index (χ4v) is 8.17. The standard InChI is InChI=1S/C26H35FO4S/c1-6-7-21(29)31-26(22(32)30-5)16(2)14-20-19-9-8-17-15-18(28)10-11-23(17,3)25(19,27)13-12-24(20,26)4/h10-11,15-16,19-20H,6-9,12-14H2,1-5H3/t16-,19-,20-,23-,24-,25+,26-/m0/s1. The van der Waals surface area contributed by atoms with Gasteiger partial charge in [-0.2, -0.15) is 0 Å². The molecule has 32 heavy (non-hydrogen) atoms. The van der Waals surface area contributed by atoms with Gasteiger partial charge in [0.2, 0.25) is 5.05 Å². The molecule has 3 fully saturated rings. The fraction of sp³-hybridized carbons (Fsp3) is 0.731. The Bertz CT molecular complexity index is 912. The molecule has 3 saturated carbocycles. The molecule has 0 N–H and O–H groups in total. The van der Waals surface area contributed by atoms with Crippen LogP contribution in [-0.4, -0.2) is 35.2 Å². The van der Waals surface area contributed by atoms with Crippen LogP contribution in [0.15, 0.2) is 23.8 Å². The highest BCUT2D eigenvalue weighted by Gasteiger charge is 2.74. The number of alkyl halides is 1. The Kier molecular flexibility index (Phi) is 5.71. The average Bonchev–Trinajstić information content (AvgIpc) is 2.97. The molecular formula is C26H35FO4S. The minimum Gasteiger partial charge on any atom is -0.487 e.